The van der Waals surface area contributed by atoms with Crippen molar-refractivity contribution >= 4 is 17.2 Å². The number of carbonyl (C=O) groups is 1. The maximum Gasteiger partial charge on any atom is 0.277 e. The van der Waals surface area contributed by atoms with Gasteiger partial charge in [0.2, 0.25) is 0 Å². The molecule has 1 aliphatic carbocycles. The fourth-order valence-electron chi connectivity index (χ4n) is 3.21. The minimum Gasteiger partial charge on any atom is -0.364 e. The van der Waals surface area contributed by atoms with Gasteiger partial charge in [-0.25, -0.2) is 4.98 Å². The van der Waals surface area contributed by atoms with E-state index in [1.54, 1.807) is 0 Å². The summed E-state index contributed by atoms with van der Waals surface area (Å²) >= 11 is 1.37. The van der Waals surface area contributed by atoms with E-state index < -0.39 is 5.91 Å². The van der Waals surface area contributed by atoms with Crippen molar-refractivity contribution in [3.8, 4) is 21.8 Å². The SMILES string of the molecule is Cc1ccc(-c2nn(C(C)C)c3c2CCc2nc(C(N)=O)sc2-3)cn1. The van der Waals surface area contributed by atoms with Crippen molar-refractivity contribution < 1.29 is 4.79 Å². The Morgan fingerprint density at radius 3 is 2.76 bits per heavy atom. The van der Waals surface area contributed by atoms with Gasteiger partial charge in [0.1, 0.15) is 0 Å². The predicted octanol–water partition coefficient (Wildman–Crippen LogP) is 3.16. The van der Waals surface area contributed by atoms with Gasteiger partial charge in [0.05, 0.1) is 22.0 Å². The van der Waals surface area contributed by atoms with Gasteiger partial charge in [0.25, 0.3) is 5.91 Å². The number of fused-ring (bicyclic) bond motifs is 3. The van der Waals surface area contributed by atoms with E-state index in [1.165, 1.54) is 16.9 Å². The summed E-state index contributed by atoms with van der Waals surface area (Å²) in [6, 6.07) is 4.26. The maximum atomic E-state index is 11.5. The number of pyridine rings is 1. The molecular formula is C18H19N5OS. The van der Waals surface area contributed by atoms with Gasteiger partial charge < -0.3 is 5.73 Å². The van der Waals surface area contributed by atoms with Crippen molar-refractivity contribution in [3.05, 3.63) is 40.3 Å². The average Bonchev–Trinajstić information content (AvgIpc) is 3.16. The van der Waals surface area contributed by atoms with Crippen LogP contribution in [0.25, 0.3) is 21.8 Å². The van der Waals surface area contributed by atoms with Gasteiger partial charge in [-0.3, -0.25) is 14.5 Å². The van der Waals surface area contributed by atoms with Crippen molar-refractivity contribution in [1.82, 2.24) is 19.7 Å². The first-order chi connectivity index (χ1) is 12.0. The van der Waals surface area contributed by atoms with Crippen LogP contribution in [0.4, 0.5) is 0 Å². The molecule has 0 aromatic carbocycles. The lowest BCUT2D eigenvalue weighted by Crippen LogP contribution is -2.10. The van der Waals surface area contributed by atoms with Crippen molar-refractivity contribution in [2.75, 3.05) is 0 Å². The Morgan fingerprint density at radius 1 is 1.32 bits per heavy atom. The second-order valence-corrected chi connectivity index (χ2v) is 7.56. The molecule has 0 spiro atoms. The number of amides is 1. The van der Waals surface area contributed by atoms with Gasteiger partial charge in [-0.15, -0.1) is 11.3 Å². The molecule has 0 aliphatic heterocycles. The third-order valence-electron chi connectivity index (χ3n) is 4.42. The zero-order valence-electron chi connectivity index (χ0n) is 14.4. The highest BCUT2D eigenvalue weighted by molar-refractivity contribution is 7.17. The summed E-state index contributed by atoms with van der Waals surface area (Å²) in [5.74, 6) is -0.473. The highest BCUT2D eigenvalue weighted by Crippen LogP contribution is 2.42. The Morgan fingerprint density at radius 2 is 2.12 bits per heavy atom. The van der Waals surface area contributed by atoms with Gasteiger partial charge in [-0.05, 0) is 45.7 Å². The van der Waals surface area contributed by atoms with E-state index in [-0.39, 0.29) is 6.04 Å². The van der Waals surface area contributed by atoms with E-state index in [0.717, 1.165) is 46.1 Å². The van der Waals surface area contributed by atoms with Crippen molar-refractivity contribution in [2.45, 2.75) is 39.7 Å². The van der Waals surface area contributed by atoms with Crippen LogP contribution in [0.2, 0.25) is 0 Å². The number of hydrogen-bond acceptors (Lipinski definition) is 5. The first kappa shape index (κ1) is 16.0. The summed E-state index contributed by atoms with van der Waals surface area (Å²) in [7, 11) is 0. The number of nitrogens with zero attached hydrogens (tertiary/aromatic N) is 4. The molecule has 25 heavy (non-hydrogen) atoms. The number of hydrogen-bond donors (Lipinski definition) is 1. The van der Waals surface area contributed by atoms with Crippen molar-refractivity contribution in [2.24, 2.45) is 5.73 Å². The van der Waals surface area contributed by atoms with Crippen LogP contribution in [0.5, 0.6) is 0 Å². The number of aryl methyl sites for hydroxylation is 2. The highest BCUT2D eigenvalue weighted by Gasteiger charge is 2.30. The molecule has 4 rings (SSSR count). The van der Waals surface area contributed by atoms with Gasteiger partial charge in [-0.2, -0.15) is 5.10 Å². The van der Waals surface area contributed by atoms with Crippen LogP contribution in [0.15, 0.2) is 18.3 Å². The predicted molar refractivity (Wildman–Crippen MR) is 97.6 cm³/mol. The number of nitrogens with two attached hydrogens (primary N) is 1. The number of rotatable bonds is 3. The molecule has 2 N–H and O–H groups in total. The molecule has 0 bridgehead atoms. The summed E-state index contributed by atoms with van der Waals surface area (Å²) in [6.07, 6.45) is 3.52. The molecular weight excluding hydrogens is 334 g/mol. The molecule has 0 atom stereocenters. The van der Waals surface area contributed by atoms with Crippen molar-refractivity contribution in [1.29, 1.82) is 0 Å². The molecule has 7 heteroatoms. The first-order valence-electron chi connectivity index (χ1n) is 8.30. The Hall–Kier alpha value is -2.54. The maximum absolute atomic E-state index is 11.5. The standard InChI is InChI=1S/C18H19N5OS/c1-9(2)23-15-12(14(22-23)11-5-4-10(3)20-8-11)6-7-13-16(15)25-18(21-13)17(19)24/h4-5,8-9H,6-7H2,1-3H3,(H2,19,24). The van der Waals surface area contributed by atoms with E-state index in [4.69, 9.17) is 10.8 Å². The topological polar surface area (TPSA) is 86.7 Å². The van der Waals surface area contributed by atoms with Crippen LogP contribution in [-0.4, -0.2) is 25.7 Å². The van der Waals surface area contributed by atoms with Gasteiger partial charge >= 0.3 is 0 Å². The van der Waals surface area contributed by atoms with Gasteiger partial charge in [0.15, 0.2) is 5.01 Å². The van der Waals surface area contributed by atoms with Crippen LogP contribution in [-0.2, 0) is 12.8 Å². The molecule has 6 nitrogen and oxygen atoms in total. The van der Waals surface area contributed by atoms with Gasteiger partial charge in [-0.1, -0.05) is 0 Å². The van der Waals surface area contributed by atoms with Crippen LogP contribution in [0, 0.1) is 6.92 Å². The summed E-state index contributed by atoms with van der Waals surface area (Å²) in [5.41, 5.74) is 11.6. The third-order valence-corrected chi connectivity index (χ3v) is 5.54. The molecule has 0 unspecified atom stereocenters. The molecule has 3 heterocycles. The lowest BCUT2D eigenvalue weighted by molar-refractivity contribution is 0.0999. The van der Waals surface area contributed by atoms with E-state index >= 15 is 0 Å². The minimum atomic E-state index is -0.473. The molecule has 0 saturated heterocycles. The quantitative estimate of drug-likeness (QED) is 0.783. The van der Waals surface area contributed by atoms with E-state index in [9.17, 15) is 4.79 Å². The number of thiazole rings is 1. The lowest BCUT2D eigenvalue weighted by atomic mass is 9.95. The monoisotopic (exact) mass is 353 g/mol. The molecule has 0 radical (unpaired) electrons. The molecule has 3 aromatic heterocycles. The number of primary amides is 1. The summed E-state index contributed by atoms with van der Waals surface area (Å²) in [6.45, 7) is 6.18. The van der Waals surface area contributed by atoms with Crippen LogP contribution < -0.4 is 5.73 Å². The van der Waals surface area contributed by atoms with Crippen molar-refractivity contribution in [3.63, 3.8) is 0 Å². The summed E-state index contributed by atoms with van der Waals surface area (Å²) in [4.78, 5) is 21.4. The smallest absolute Gasteiger partial charge is 0.277 e. The van der Waals surface area contributed by atoms with Crippen LogP contribution in [0.1, 0.15) is 46.6 Å². The molecule has 1 amide bonds. The number of aromatic nitrogens is 4. The first-order valence-corrected chi connectivity index (χ1v) is 9.11. The van der Waals surface area contributed by atoms with Crippen LogP contribution in [0.3, 0.4) is 0 Å². The fourth-order valence-corrected chi connectivity index (χ4v) is 4.24. The zero-order chi connectivity index (χ0) is 17.7. The number of carbonyl (C=O) groups excluding carboxylic acids is 1. The van der Waals surface area contributed by atoms with E-state index in [1.807, 2.05) is 23.9 Å². The van der Waals surface area contributed by atoms with Crippen LogP contribution >= 0.6 is 11.3 Å². The van der Waals surface area contributed by atoms with E-state index in [2.05, 4.69) is 29.9 Å². The lowest BCUT2D eigenvalue weighted by Gasteiger charge is -2.16. The molecule has 0 saturated carbocycles. The third kappa shape index (κ3) is 2.55. The summed E-state index contributed by atoms with van der Waals surface area (Å²) < 4.78 is 2.03. The zero-order valence-corrected chi connectivity index (χ0v) is 15.2. The Bertz CT molecular complexity index is 968. The highest BCUT2D eigenvalue weighted by atomic mass is 32.1. The average molecular weight is 353 g/mol. The second kappa shape index (κ2) is 5.77. The Balaban J connectivity index is 1.94. The Labute approximate surface area is 149 Å². The second-order valence-electron chi connectivity index (χ2n) is 6.56. The molecule has 3 aromatic rings. The molecule has 128 valence electrons. The molecule has 0 fully saturated rings. The normalized spacial score (nSPS) is 13.0. The summed E-state index contributed by atoms with van der Waals surface area (Å²) in [5, 5.41) is 5.25. The fraction of sp³-hybridized carbons (Fsp3) is 0.333. The Kier molecular flexibility index (Phi) is 3.68. The van der Waals surface area contributed by atoms with Gasteiger partial charge in [0, 0.05) is 29.1 Å². The van der Waals surface area contributed by atoms with E-state index in [0.29, 0.717) is 5.01 Å². The molecule has 1 aliphatic rings. The minimum absolute atomic E-state index is 0.200. The largest absolute Gasteiger partial charge is 0.364 e.